The van der Waals surface area contributed by atoms with E-state index in [2.05, 4.69) is 22.5 Å². The van der Waals surface area contributed by atoms with Crippen LogP contribution in [0.15, 0.2) is 35.0 Å². The Bertz CT molecular complexity index is 899. The van der Waals surface area contributed by atoms with Crippen molar-refractivity contribution in [3.8, 4) is 23.3 Å². The number of hydrogen-bond donors (Lipinski definition) is 2. The quantitative estimate of drug-likeness (QED) is 0.753. The molecule has 2 amide bonds. The Morgan fingerprint density at radius 3 is 2.59 bits per heavy atom. The Morgan fingerprint density at radius 2 is 1.90 bits per heavy atom. The molecule has 0 unspecified atom stereocenters. The van der Waals surface area contributed by atoms with Gasteiger partial charge >= 0.3 is 6.03 Å². The van der Waals surface area contributed by atoms with Gasteiger partial charge in [0.1, 0.15) is 23.7 Å². The summed E-state index contributed by atoms with van der Waals surface area (Å²) in [5.74, 6) is 7.59. The maximum absolute atomic E-state index is 12.5. The number of carbonyl (C=O) groups is 1. The first-order valence-corrected chi connectivity index (χ1v) is 10.2. The van der Waals surface area contributed by atoms with Gasteiger partial charge in [0.2, 0.25) is 0 Å². The molecule has 2 aliphatic heterocycles. The van der Waals surface area contributed by atoms with Crippen molar-refractivity contribution >= 4 is 23.1 Å². The first-order chi connectivity index (χ1) is 14.2. The van der Waals surface area contributed by atoms with Crippen molar-refractivity contribution in [3.05, 3.63) is 40.6 Å². The Labute approximate surface area is 173 Å². The fourth-order valence-corrected chi connectivity index (χ4v) is 4.06. The SMILES string of the molecule is COc1cc(NC(=O)N[C@H]2CO[C@H]3[C@@H]2OC[C@@H]3C#Cc2ccsc2)cc(OC)c1. The molecule has 1 aromatic carbocycles. The van der Waals surface area contributed by atoms with Crippen molar-refractivity contribution in [1.82, 2.24) is 5.32 Å². The van der Waals surface area contributed by atoms with Crippen molar-refractivity contribution in [2.75, 3.05) is 32.8 Å². The van der Waals surface area contributed by atoms with Crippen LogP contribution >= 0.6 is 11.3 Å². The summed E-state index contributed by atoms with van der Waals surface area (Å²) in [5, 5.41) is 9.75. The number of nitrogens with one attached hydrogen (secondary N) is 2. The number of ether oxygens (including phenoxy) is 4. The summed E-state index contributed by atoms with van der Waals surface area (Å²) in [5.41, 5.74) is 1.57. The Morgan fingerprint density at radius 1 is 1.14 bits per heavy atom. The van der Waals surface area contributed by atoms with Gasteiger partial charge in [-0.1, -0.05) is 11.8 Å². The lowest BCUT2D eigenvalue weighted by Crippen LogP contribution is -2.45. The van der Waals surface area contributed by atoms with Gasteiger partial charge in [0.15, 0.2) is 0 Å². The number of anilines is 1. The molecule has 0 radical (unpaired) electrons. The number of rotatable bonds is 4. The minimum Gasteiger partial charge on any atom is -0.497 e. The summed E-state index contributed by atoms with van der Waals surface area (Å²) in [6, 6.07) is 6.59. The van der Waals surface area contributed by atoms with Crippen molar-refractivity contribution in [3.63, 3.8) is 0 Å². The maximum atomic E-state index is 12.5. The van der Waals surface area contributed by atoms with Crippen molar-refractivity contribution < 1.29 is 23.7 Å². The van der Waals surface area contributed by atoms with E-state index < -0.39 is 0 Å². The number of fused-ring (bicyclic) bond motifs is 1. The first kappa shape index (κ1) is 19.6. The van der Waals surface area contributed by atoms with Gasteiger partial charge in [-0.05, 0) is 11.4 Å². The largest absolute Gasteiger partial charge is 0.497 e. The molecule has 4 rings (SSSR count). The summed E-state index contributed by atoms with van der Waals surface area (Å²) >= 11 is 1.62. The zero-order valence-corrected chi connectivity index (χ0v) is 17.0. The third-order valence-corrected chi connectivity index (χ3v) is 5.59. The van der Waals surface area contributed by atoms with E-state index in [4.69, 9.17) is 18.9 Å². The van der Waals surface area contributed by atoms with E-state index in [9.17, 15) is 4.79 Å². The summed E-state index contributed by atoms with van der Waals surface area (Å²) in [4.78, 5) is 12.5. The lowest BCUT2D eigenvalue weighted by Gasteiger charge is -2.18. The van der Waals surface area contributed by atoms with Crippen LogP contribution in [0.2, 0.25) is 0 Å². The molecule has 8 heteroatoms. The predicted molar refractivity (Wildman–Crippen MR) is 110 cm³/mol. The van der Waals surface area contributed by atoms with E-state index in [1.165, 1.54) is 0 Å². The van der Waals surface area contributed by atoms with Gasteiger partial charge in [-0.15, -0.1) is 0 Å². The second-order valence-electron chi connectivity index (χ2n) is 6.79. The highest BCUT2D eigenvalue weighted by molar-refractivity contribution is 7.08. The van der Waals surface area contributed by atoms with E-state index in [1.807, 2.05) is 16.8 Å². The summed E-state index contributed by atoms with van der Waals surface area (Å²) in [6.07, 6.45) is -0.342. The number of benzene rings is 1. The molecule has 0 aliphatic carbocycles. The van der Waals surface area contributed by atoms with Gasteiger partial charge in [0.25, 0.3) is 0 Å². The second kappa shape index (κ2) is 8.74. The zero-order chi connectivity index (χ0) is 20.2. The average Bonchev–Trinajstić information content (AvgIpc) is 3.45. The van der Waals surface area contributed by atoms with Gasteiger partial charge < -0.3 is 29.6 Å². The molecule has 1 aromatic heterocycles. The van der Waals surface area contributed by atoms with Gasteiger partial charge in [0.05, 0.1) is 39.4 Å². The van der Waals surface area contributed by atoms with Crippen LogP contribution in [0.3, 0.4) is 0 Å². The number of carbonyl (C=O) groups excluding carboxylic acids is 1. The molecule has 2 aliphatic rings. The monoisotopic (exact) mass is 414 g/mol. The molecule has 4 atom stereocenters. The van der Waals surface area contributed by atoms with Crippen LogP contribution in [-0.4, -0.2) is 51.7 Å². The Hall–Kier alpha value is -2.73. The Balaban J connectivity index is 1.36. The molecule has 0 spiro atoms. The molecule has 2 saturated heterocycles. The molecule has 2 N–H and O–H groups in total. The third kappa shape index (κ3) is 4.48. The van der Waals surface area contributed by atoms with Crippen LogP contribution in [0.25, 0.3) is 0 Å². The summed E-state index contributed by atoms with van der Waals surface area (Å²) in [6.45, 7) is 0.889. The molecular weight excluding hydrogens is 392 g/mol. The number of methoxy groups -OCH3 is 2. The van der Waals surface area contributed by atoms with Crippen LogP contribution in [0.1, 0.15) is 5.56 Å². The van der Waals surface area contributed by atoms with Crippen LogP contribution in [0.4, 0.5) is 10.5 Å². The molecule has 2 fully saturated rings. The minimum absolute atomic E-state index is 0.00240. The Kier molecular flexibility index (Phi) is 5.90. The fraction of sp³-hybridized carbons (Fsp3) is 0.381. The van der Waals surface area contributed by atoms with Crippen molar-refractivity contribution in [2.24, 2.45) is 5.92 Å². The highest BCUT2D eigenvalue weighted by atomic mass is 32.1. The molecule has 2 aromatic rings. The molecule has 3 heterocycles. The number of hydrogen-bond acceptors (Lipinski definition) is 6. The summed E-state index contributed by atoms with van der Waals surface area (Å²) in [7, 11) is 3.12. The minimum atomic E-state index is -0.342. The van der Waals surface area contributed by atoms with E-state index in [0.29, 0.717) is 30.4 Å². The molecule has 0 bridgehead atoms. The lowest BCUT2D eigenvalue weighted by molar-refractivity contribution is 0.0666. The fourth-order valence-electron chi connectivity index (χ4n) is 3.47. The number of amides is 2. The average molecular weight is 414 g/mol. The van der Waals surface area contributed by atoms with E-state index in [-0.39, 0.29) is 30.2 Å². The molecule has 7 nitrogen and oxygen atoms in total. The van der Waals surface area contributed by atoms with E-state index in [0.717, 1.165) is 5.56 Å². The smallest absolute Gasteiger partial charge is 0.319 e. The van der Waals surface area contributed by atoms with Gasteiger partial charge in [-0.3, -0.25) is 0 Å². The van der Waals surface area contributed by atoms with Crippen molar-refractivity contribution in [1.29, 1.82) is 0 Å². The van der Waals surface area contributed by atoms with Crippen LogP contribution < -0.4 is 20.1 Å². The van der Waals surface area contributed by atoms with Gasteiger partial charge in [0, 0.05) is 34.8 Å². The topological polar surface area (TPSA) is 78.1 Å². The highest BCUT2D eigenvalue weighted by Gasteiger charge is 2.47. The number of urea groups is 1. The molecule has 0 saturated carbocycles. The molecule has 152 valence electrons. The van der Waals surface area contributed by atoms with Crippen LogP contribution in [0, 0.1) is 17.8 Å². The predicted octanol–water partition coefficient (Wildman–Crippen LogP) is 2.72. The normalized spacial score (nSPS) is 24.9. The second-order valence-corrected chi connectivity index (χ2v) is 7.57. The first-order valence-electron chi connectivity index (χ1n) is 9.24. The van der Waals surface area contributed by atoms with E-state index in [1.54, 1.807) is 43.8 Å². The standard InChI is InChI=1S/C21H22N2O5S/c1-25-16-7-15(8-17(9-16)26-2)22-21(24)23-18-11-28-19-14(10-27-20(18)19)4-3-13-5-6-29-12-13/h5-9,12,14,18-20H,10-11H2,1-2H3,(H2,22,23,24)/t14-,18-,19+,20+/m0/s1. The van der Waals surface area contributed by atoms with Crippen LogP contribution in [-0.2, 0) is 9.47 Å². The van der Waals surface area contributed by atoms with Gasteiger partial charge in [-0.2, -0.15) is 11.3 Å². The maximum Gasteiger partial charge on any atom is 0.319 e. The molecular formula is C21H22N2O5S. The molecule has 29 heavy (non-hydrogen) atoms. The summed E-state index contributed by atoms with van der Waals surface area (Å²) < 4.78 is 22.2. The third-order valence-electron chi connectivity index (χ3n) is 4.90. The lowest BCUT2D eigenvalue weighted by atomic mass is 10.0. The van der Waals surface area contributed by atoms with Gasteiger partial charge in [-0.25, -0.2) is 4.79 Å². The van der Waals surface area contributed by atoms with Crippen LogP contribution in [0.5, 0.6) is 11.5 Å². The van der Waals surface area contributed by atoms with Crippen molar-refractivity contribution in [2.45, 2.75) is 18.2 Å². The zero-order valence-electron chi connectivity index (χ0n) is 16.1. The van der Waals surface area contributed by atoms with E-state index >= 15 is 0 Å². The number of thiophene rings is 1. The highest BCUT2D eigenvalue weighted by Crippen LogP contribution is 2.31.